The van der Waals surface area contributed by atoms with Crippen LogP contribution >= 0.6 is 70.6 Å². The summed E-state index contributed by atoms with van der Waals surface area (Å²) in [7, 11) is 1.70. The van der Waals surface area contributed by atoms with Crippen molar-refractivity contribution in [1.29, 1.82) is 0 Å². The van der Waals surface area contributed by atoms with E-state index in [4.69, 9.17) is 11.3 Å². The van der Waals surface area contributed by atoms with Gasteiger partial charge in [0.15, 0.2) is 20.5 Å². The van der Waals surface area contributed by atoms with Crippen LogP contribution in [0.4, 0.5) is 0 Å². The van der Waals surface area contributed by atoms with Crippen LogP contribution in [0.3, 0.4) is 0 Å². The molecule has 0 aromatic heterocycles. The van der Waals surface area contributed by atoms with Gasteiger partial charge in [-0.15, -0.1) is 75.3 Å². The molecule has 6 aliphatic rings. The number of aryl methyl sites for hydroxylation is 3. The molecule has 19 heteroatoms. The number of thioether (sulfide) groups is 6. The van der Waals surface area contributed by atoms with E-state index in [1.807, 2.05) is 250 Å². The molecule has 133 heavy (non-hydrogen) atoms. The summed E-state index contributed by atoms with van der Waals surface area (Å²) in [5.41, 5.74) is 26.2. The summed E-state index contributed by atoms with van der Waals surface area (Å²) in [6.45, 7) is 16.1. The van der Waals surface area contributed by atoms with E-state index in [9.17, 15) is 23.2 Å². The van der Waals surface area contributed by atoms with E-state index in [2.05, 4.69) is 220 Å². The number of aldehydes is 1. The highest BCUT2D eigenvalue weighted by atomic mass is 32.2. The molecule has 6 aliphatic heterocycles. The lowest BCUT2D eigenvalue weighted by Gasteiger charge is -2.29. The number of carbonyl (C=O) groups excluding carboxylic acids is 2. The van der Waals surface area contributed by atoms with Gasteiger partial charge in [-0.2, -0.15) is 0 Å². The molecular weight excluding hydrogens is 1810 g/mol. The average molecular weight is 1910 g/mol. The molecule has 15 aromatic rings. The number of fused-ring (bicyclic) bond motifs is 12. The molecule has 21 rings (SSSR count). The second-order valence-electron chi connectivity index (χ2n) is 32.4. The number of benzene rings is 15. The van der Waals surface area contributed by atoms with Gasteiger partial charge in [-0.1, -0.05) is 318 Å². The molecule has 9 atom stereocenters. The Labute approximate surface area is 817 Å². The van der Waals surface area contributed by atoms with E-state index in [-0.39, 0.29) is 35.5 Å². The molecule has 6 heterocycles. The van der Waals surface area contributed by atoms with Gasteiger partial charge in [0, 0.05) is 86.5 Å². The first-order chi connectivity index (χ1) is 65.2. The van der Waals surface area contributed by atoms with Crippen molar-refractivity contribution >= 4 is 129 Å². The largest absolute Gasteiger partial charge is 0.593 e. The standard InChI is InChI=1S/C24H25NOS2.C23H20N2OS2.C22H19NOS2.C16H14OS.C15H12OS.C14H10OS/c1-3-22(25-28(26)19-14-12-17(2)13-15-19)24-20-9-5-4-8-18(20)16-27-23-11-7-6-10-21(23)24;1-16-11-13-18(14-12-16)28(26)25-23(24-2)22-19-8-4-3-7-17(19)15-27-21-10-6-5-9-20(21)22;1-16-10-12-18(13-11-16)26(24)23-14-21-19-7-3-2-6-17(19)15-25-22-9-5-4-8-20(21)22;1-17-10-15-13-7-3-2-6-12(13)11-18-16-9-5-4-8-14(15)16;16-9-14-12-6-2-1-5-11(12)10-17-15-8-4-3-7-13(14)15;15-14-11-6-2-1-5-10(11)9-16-13-8-4-3-7-12(13)14/h4-15,22,24-25H,3,16H2,1-2H3;3-14,22-23,25H,15H2,1H3;2-14,21H,15H2,1H3;2-10H,11H2,1H3;1-9,14H,10H2;1-8H,9H2/t22-,24?,28?;22?,23-,28?;;;;/m10..../s1. The zero-order valence-corrected chi connectivity index (χ0v) is 81.7. The summed E-state index contributed by atoms with van der Waals surface area (Å²) in [5.74, 6) is 5.68. The van der Waals surface area contributed by atoms with Gasteiger partial charge in [0.1, 0.15) is 23.6 Å². The first-order valence-corrected chi connectivity index (χ1v) is 53.4. The van der Waals surface area contributed by atoms with Crippen molar-refractivity contribution in [2.45, 2.75) is 149 Å². The van der Waals surface area contributed by atoms with Gasteiger partial charge in [-0.05, 0) is 195 Å². The van der Waals surface area contributed by atoms with Crippen molar-refractivity contribution < 1.29 is 28.0 Å². The van der Waals surface area contributed by atoms with Crippen LogP contribution in [0.2, 0.25) is 0 Å². The maximum atomic E-state index is 13.1. The third-order valence-corrected chi connectivity index (χ3v) is 34.1. The second-order valence-corrected chi connectivity index (χ2v) is 42.2. The smallest absolute Gasteiger partial charge is 0.325 e. The molecule has 10 nitrogen and oxygen atoms in total. The molecule has 0 aliphatic carbocycles. The van der Waals surface area contributed by atoms with Gasteiger partial charge in [-0.3, -0.25) is 9.64 Å². The highest BCUT2D eigenvalue weighted by Crippen LogP contribution is 2.48. The minimum Gasteiger partial charge on any atom is -0.593 e. The van der Waals surface area contributed by atoms with Crippen molar-refractivity contribution in [3.63, 3.8) is 0 Å². The van der Waals surface area contributed by atoms with Crippen molar-refractivity contribution in [3.8, 4) is 0 Å². The number of nitrogens with zero attached hydrogens (tertiary/aromatic N) is 2. The van der Waals surface area contributed by atoms with Crippen molar-refractivity contribution in [3.05, 3.63) is 498 Å². The molecule has 0 amide bonds. The van der Waals surface area contributed by atoms with Gasteiger partial charge in [0.25, 0.3) is 0 Å². The minimum absolute atomic E-state index is 0.0202. The fourth-order valence-electron chi connectivity index (χ4n) is 17.0. The lowest BCUT2D eigenvalue weighted by Crippen LogP contribution is -2.39. The topological polar surface area (TPSA) is 153 Å². The number of rotatable bonds is 14. The first-order valence-electron chi connectivity index (χ1n) is 44.1. The Morgan fingerprint density at radius 1 is 0.376 bits per heavy atom. The van der Waals surface area contributed by atoms with Crippen molar-refractivity contribution in [2.75, 3.05) is 7.11 Å². The van der Waals surface area contributed by atoms with E-state index < -0.39 is 40.3 Å². The normalized spacial score (nSPS) is 16.9. The number of nitrogens with one attached hydrogen (secondary N) is 2. The van der Waals surface area contributed by atoms with Gasteiger partial charge < -0.3 is 23.2 Å². The molecule has 0 saturated carbocycles. The van der Waals surface area contributed by atoms with Gasteiger partial charge in [0.2, 0.25) is 0 Å². The van der Waals surface area contributed by atoms with Crippen LogP contribution in [0.25, 0.3) is 10.4 Å². The zero-order valence-electron chi connectivity index (χ0n) is 74.3. The average Bonchev–Trinajstić information content (AvgIpc) is 1.75. The summed E-state index contributed by atoms with van der Waals surface area (Å²) < 4.78 is 54.9. The van der Waals surface area contributed by atoms with Crippen LogP contribution in [0.1, 0.15) is 159 Å². The van der Waals surface area contributed by atoms with Crippen LogP contribution < -0.4 is 9.44 Å². The Bertz CT molecular complexity index is 6360. The lowest BCUT2D eigenvalue weighted by atomic mass is 9.82. The number of ketones is 1. The Hall–Kier alpha value is -10.7. The Balaban J connectivity index is 0.000000118. The summed E-state index contributed by atoms with van der Waals surface area (Å²) >= 11 is 6.89. The predicted octanol–water partition coefficient (Wildman–Crippen LogP) is 28.1. The van der Waals surface area contributed by atoms with Crippen LogP contribution in [0.5, 0.6) is 0 Å². The molecule has 0 spiro atoms. The van der Waals surface area contributed by atoms with Crippen LogP contribution in [-0.4, -0.2) is 51.3 Å². The SMILES string of the molecule is CC[C@@H](N[S+]([O-])c1ccc(C)cc1)C1c2ccccc2CSc2ccccc21.COC=C1c2ccccc2CSc2ccccc21.Cc1ccc([S+]([O-])N=CC2c3ccccc3CSc3ccccc32)cc1.O=C1c2ccccc2CSc2ccccc21.O=CC1c2ccccc2CSc2ccccc21.[C-]#[N+][C@@H](N[S+]([O-])c1ccc(C)cc1)C1c2ccccc2CSc2ccccc21. The fourth-order valence-corrected chi connectivity index (χ4v) is 26.4. The van der Waals surface area contributed by atoms with E-state index in [0.29, 0.717) is 4.90 Å². The van der Waals surface area contributed by atoms with E-state index in [0.717, 1.165) is 112 Å². The molecular formula is C114H100N4O6S9. The number of hydrogen-bond acceptors (Lipinski definition) is 15. The lowest BCUT2D eigenvalue weighted by molar-refractivity contribution is -0.108. The fraction of sp³-hybridized carbons (Fsp3) is 0.158. The summed E-state index contributed by atoms with van der Waals surface area (Å²) in [6.07, 6.45) is 5.05. The molecule has 0 saturated heterocycles. The number of methoxy groups -OCH3 is 1. The monoisotopic (exact) mass is 1910 g/mol. The maximum Gasteiger partial charge on any atom is 0.325 e. The number of ether oxygens (including phenoxy) is 1. The Morgan fingerprint density at radius 3 is 1.17 bits per heavy atom. The quantitative estimate of drug-likeness (QED) is 0.0349. The molecule has 0 bridgehead atoms. The van der Waals surface area contributed by atoms with Crippen LogP contribution in [0.15, 0.2) is 419 Å². The Kier molecular flexibility index (Phi) is 33.7. The van der Waals surface area contributed by atoms with Gasteiger partial charge >= 0.3 is 6.17 Å². The molecule has 2 N–H and O–H groups in total. The second kappa shape index (κ2) is 47.0. The zero-order chi connectivity index (χ0) is 91.9. The molecule has 666 valence electrons. The van der Waals surface area contributed by atoms with Gasteiger partial charge in [-0.25, -0.2) is 6.57 Å². The van der Waals surface area contributed by atoms with Crippen LogP contribution in [-0.2, 0) is 78.1 Å². The Morgan fingerprint density at radius 2 is 0.699 bits per heavy atom. The highest BCUT2D eigenvalue weighted by Gasteiger charge is 2.39. The highest BCUT2D eigenvalue weighted by molar-refractivity contribution is 8.00. The van der Waals surface area contributed by atoms with Crippen molar-refractivity contribution in [1.82, 2.24) is 9.44 Å². The molecule has 0 fully saturated rings. The van der Waals surface area contributed by atoms with Crippen molar-refractivity contribution in [2.24, 2.45) is 4.40 Å². The molecule has 15 aromatic carbocycles. The minimum atomic E-state index is -1.45. The van der Waals surface area contributed by atoms with Crippen LogP contribution in [0, 0.1) is 27.3 Å². The maximum absolute atomic E-state index is 13.1. The van der Waals surface area contributed by atoms with Gasteiger partial charge in [0.05, 0.1) is 60.2 Å². The predicted molar refractivity (Wildman–Crippen MR) is 558 cm³/mol. The third-order valence-electron chi connectivity index (χ3n) is 23.9. The summed E-state index contributed by atoms with van der Waals surface area (Å²) in [4.78, 5) is 37.3. The van der Waals surface area contributed by atoms with E-state index in [1.54, 1.807) is 30.6 Å². The molecule has 0 radical (unpaired) electrons. The number of hydrogen-bond donors (Lipinski definition) is 2. The van der Waals surface area contributed by atoms with E-state index in [1.165, 1.54) is 96.8 Å². The van der Waals surface area contributed by atoms with E-state index >= 15 is 0 Å². The summed E-state index contributed by atoms with van der Waals surface area (Å²) in [6, 6.07) is 123. The summed E-state index contributed by atoms with van der Waals surface area (Å²) in [5, 5.41) is 0. The first kappa shape index (κ1) is 95.4. The third kappa shape index (κ3) is 23.5. The number of carbonyl (C=O) groups is 2. The molecule has 7 unspecified atom stereocenters.